The topological polar surface area (TPSA) is 12.0 Å². The van der Waals surface area contributed by atoms with Gasteiger partial charge in [-0.1, -0.05) is 6.42 Å². The van der Waals surface area contributed by atoms with Crippen molar-refractivity contribution in [1.82, 2.24) is 5.32 Å². The zero-order valence-corrected chi connectivity index (χ0v) is 10.2. The first-order chi connectivity index (χ1) is 7.31. The highest BCUT2D eigenvalue weighted by atomic mass is 35.5. The first-order valence-corrected chi connectivity index (χ1v) is 7.09. The molecule has 0 heterocycles. The Morgan fingerprint density at radius 1 is 1.00 bits per heavy atom. The van der Waals surface area contributed by atoms with Gasteiger partial charge in [0.05, 0.1) is 0 Å². The number of hydrogen-bond donors (Lipinski definition) is 1. The minimum absolute atomic E-state index is 0.485. The summed E-state index contributed by atoms with van der Waals surface area (Å²) in [6, 6.07) is 0. The predicted octanol–water partition coefficient (Wildman–Crippen LogP) is 3.03. The summed E-state index contributed by atoms with van der Waals surface area (Å²) in [6.45, 7) is 2.50. The van der Waals surface area contributed by atoms with Crippen LogP contribution in [0.5, 0.6) is 0 Å². The Morgan fingerprint density at radius 3 is 2.47 bits per heavy atom. The molecule has 0 radical (unpaired) electrons. The molecule has 1 nitrogen and oxygen atoms in total. The maximum Gasteiger partial charge on any atom is 0.0342 e. The van der Waals surface area contributed by atoms with Crippen LogP contribution >= 0.6 is 11.6 Å². The van der Waals surface area contributed by atoms with E-state index in [1.807, 2.05) is 0 Å². The molecule has 3 rings (SSSR count). The molecule has 0 spiro atoms. The van der Waals surface area contributed by atoms with Crippen LogP contribution in [-0.4, -0.2) is 18.5 Å². The molecule has 3 unspecified atom stereocenters. The van der Waals surface area contributed by atoms with Crippen LogP contribution in [0, 0.1) is 23.7 Å². The van der Waals surface area contributed by atoms with Gasteiger partial charge in [-0.05, 0) is 68.9 Å². The van der Waals surface area contributed by atoms with E-state index in [-0.39, 0.29) is 0 Å². The lowest BCUT2D eigenvalue weighted by Gasteiger charge is -2.32. The van der Waals surface area contributed by atoms with Crippen molar-refractivity contribution in [3.63, 3.8) is 0 Å². The van der Waals surface area contributed by atoms with Gasteiger partial charge in [0.15, 0.2) is 0 Å². The summed E-state index contributed by atoms with van der Waals surface area (Å²) in [5, 5.41) is 4.16. The van der Waals surface area contributed by atoms with Gasteiger partial charge < -0.3 is 5.32 Å². The van der Waals surface area contributed by atoms with Crippen LogP contribution < -0.4 is 5.32 Å². The maximum atomic E-state index is 5.97. The minimum Gasteiger partial charge on any atom is -0.316 e. The lowest BCUT2D eigenvalue weighted by atomic mass is 9.84. The summed E-state index contributed by atoms with van der Waals surface area (Å²) >= 11 is 5.97. The third-order valence-electron chi connectivity index (χ3n) is 4.90. The van der Waals surface area contributed by atoms with Crippen LogP contribution in [0.2, 0.25) is 0 Å². The van der Waals surface area contributed by atoms with Gasteiger partial charge in [-0.25, -0.2) is 0 Å². The third-order valence-corrected chi connectivity index (χ3v) is 5.26. The number of fused-ring (bicyclic) bond motifs is 2. The Hall–Kier alpha value is 0.250. The smallest absolute Gasteiger partial charge is 0.0342 e. The van der Waals surface area contributed by atoms with Gasteiger partial charge in [-0.15, -0.1) is 11.6 Å². The largest absolute Gasteiger partial charge is 0.316 e. The Morgan fingerprint density at radius 2 is 1.87 bits per heavy atom. The number of halogens is 1. The number of nitrogens with one attached hydrogen (secondary N) is 1. The SMILES string of the molecule is ClC1CC(CNCC2CC3CCC2C3)C1. The monoisotopic (exact) mass is 227 g/mol. The van der Waals surface area contributed by atoms with E-state index in [9.17, 15) is 0 Å². The molecule has 3 aliphatic carbocycles. The van der Waals surface area contributed by atoms with Crippen molar-refractivity contribution >= 4 is 11.6 Å². The second-order valence-electron chi connectivity index (χ2n) is 6.03. The van der Waals surface area contributed by atoms with Crippen molar-refractivity contribution in [2.24, 2.45) is 23.7 Å². The Balaban J connectivity index is 1.33. The van der Waals surface area contributed by atoms with Crippen molar-refractivity contribution < 1.29 is 0 Å². The molecule has 0 amide bonds. The van der Waals surface area contributed by atoms with Crippen LogP contribution in [0.25, 0.3) is 0 Å². The quantitative estimate of drug-likeness (QED) is 0.729. The van der Waals surface area contributed by atoms with Gasteiger partial charge in [0.25, 0.3) is 0 Å². The Bertz CT molecular complexity index is 225. The van der Waals surface area contributed by atoms with Crippen LogP contribution in [0.4, 0.5) is 0 Å². The van der Waals surface area contributed by atoms with E-state index >= 15 is 0 Å². The molecular weight excluding hydrogens is 206 g/mol. The van der Waals surface area contributed by atoms with E-state index in [0.29, 0.717) is 5.38 Å². The summed E-state index contributed by atoms with van der Waals surface area (Å²) in [6.07, 6.45) is 8.58. The molecule has 3 atom stereocenters. The van der Waals surface area contributed by atoms with Crippen molar-refractivity contribution in [1.29, 1.82) is 0 Å². The number of alkyl halides is 1. The van der Waals surface area contributed by atoms with Gasteiger partial charge in [0, 0.05) is 5.38 Å². The molecule has 86 valence electrons. The highest BCUT2D eigenvalue weighted by Gasteiger charge is 2.39. The van der Waals surface area contributed by atoms with Crippen molar-refractivity contribution in [3.8, 4) is 0 Å². The lowest BCUT2D eigenvalue weighted by molar-refractivity contribution is 0.275. The molecule has 0 aromatic carbocycles. The van der Waals surface area contributed by atoms with Crippen LogP contribution in [0.1, 0.15) is 38.5 Å². The second-order valence-corrected chi connectivity index (χ2v) is 6.65. The summed E-state index contributed by atoms with van der Waals surface area (Å²) in [5.41, 5.74) is 0. The minimum atomic E-state index is 0.485. The second kappa shape index (κ2) is 4.25. The van der Waals surface area contributed by atoms with E-state index in [4.69, 9.17) is 11.6 Å². The number of rotatable bonds is 4. The van der Waals surface area contributed by atoms with Crippen molar-refractivity contribution in [2.45, 2.75) is 43.9 Å². The first kappa shape index (κ1) is 10.4. The van der Waals surface area contributed by atoms with Crippen molar-refractivity contribution in [2.75, 3.05) is 13.1 Å². The van der Waals surface area contributed by atoms with Gasteiger partial charge in [0.2, 0.25) is 0 Å². The molecule has 3 fully saturated rings. The molecule has 2 bridgehead atoms. The van der Waals surface area contributed by atoms with Crippen LogP contribution in [-0.2, 0) is 0 Å². The van der Waals surface area contributed by atoms with Gasteiger partial charge in [0.1, 0.15) is 0 Å². The number of hydrogen-bond acceptors (Lipinski definition) is 1. The molecule has 1 N–H and O–H groups in total. The van der Waals surface area contributed by atoms with Crippen LogP contribution in [0.3, 0.4) is 0 Å². The van der Waals surface area contributed by atoms with E-state index in [1.54, 1.807) is 6.42 Å². The average molecular weight is 228 g/mol. The first-order valence-electron chi connectivity index (χ1n) is 6.66. The molecule has 0 aromatic rings. The zero-order valence-electron chi connectivity index (χ0n) is 9.42. The molecule has 15 heavy (non-hydrogen) atoms. The fourth-order valence-electron chi connectivity index (χ4n) is 3.92. The lowest BCUT2D eigenvalue weighted by Crippen LogP contribution is -2.36. The van der Waals surface area contributed by atoms with Gasteiger partial charge in [-0.3, -0.25) is 0 Å². The maximum absolute atomic E-state index is 5.97. The molecule has 3 aliphatic rings. The highest BCUT2D eigenvalue weighted by Crippen LogP contribution is 2.47. The molecular formula is C13H22ClN. The van der Waals surface area contributed by atoms with E-state index in [0.717, 1.165) is 23.7 Å². The highest BCUT2D eigenvalue weighted by molar-refractivity contribution is 6.21. The average Bonchev–Trinajstić information content (AvgIpc) is 2.76. The normalized spacial score (nSPS) is 48.2. The third kappa shape index (κ3) is 2.19. The van der Waals surface area contributed by atoms with Crippen LogP contribution in [0.15, 0.2) is 0 Å². The fourth-order valence-corrected chi connectivity index (χ4v) is 4.42. The standard InChI is InChI=1S/C13H22ClN/c14-13-5-10(6-13)7-15-8-12-4-9-1-2-11(12)3-9/h9-13,15H,1-8H2. The summed E-state index contributed by atoms with van der Waals surface area (Å²) in [5.74, 6) is 4.06. The summed E-state index contributed by atoms with van der Waals surface area (Å²) in [7, 11) is 0. The van der Waals surface area contributed by atoms with E-state index < -0.39 is 0 Å². The summed E-state index contributed by atoms with van der Waals surface area (Å²) < 4.78 is 0. The van der Waals surface area contributed by atoms with Gasteiger partial charge in [-0.2, -0.15) is 0 Å². The van der Waals surface area contributed by atoms with E-state index in [1.165, 1.54) is 45.2 Å². The predicted molar refractivity (Wildman–Crippen MR) is 64.2 cm³/mol. The summed E-state index contributed by atoms with van der Waals surface area (Å²) in [4.78, 5) is 0. The Labute approximate surface area is 98.0 Å². The molecule has 2 heteroatoms. The fraction of sp³-hybridized carbons (Fsp3) is 1.00. The van der Waals surface area contributed by atoms with E-state index in [2.05, 4.69) is 5.32 Å². The Kier molecular flexibility index (Phi) is 2.95. The molecule has 0 aromatic heterocycles. The molecule has 3 saturated carbocycles. The van der Waals surface area contributed by atoms with Gasteiger partial charge >= 0.3 is 0 Å². The zero-order chi connectivity index (χ0) is 10.3. The molecule has 0 aliphatic heterocycles. The van der Waals surface area contributed by atoms with Crippen molar-refractivity contribution in [3.05, 3.63) is 0 Å². The molecule has 0 saturated heterocycles.